The SMILES string of the molecule is Cc1noc(C)c1CN1CCc2c(C(=O)N(C)Cc3nccn3C)csc2C1. The van der Waals surface area contributed by atoms with Gasteiger partial charge in [0.2, 0.25) is 0 Å². The largest absolute Gasteiger partial charge is 0.361 e. The number of hydrogen-bond donors (Lipinski definition) is 0. The summed E-state index contributed by atoms with van der Waals surface area (Å²) in [6.07, 6.45) is 4.54. The Hall–Kier alpha value is -2.45. The van der Waals surface area contributed by atoms with Gasteiger partial charge in [0.1, 0.15) is 11.6 Å². The van der Waals surface area contributed by atoms with Crippen LogP contribution in [-0.2, 0) is 33.1 Å². The Labute approximate surface area is 168 Å². The van der Waals surface area contributed by atoms with Crippen molar-refractivity contribution in [2.45, 2.75) is 39.9 Å². The first-order chi connectivity index (χ1) is 13.4. The molecule has 0 saturated heterocycles. The number of fused-ring (bicyclic) bond motifs is 1. The van der Waals surface area contributed by atoms with Crippen LogP contribution in [-0.4, -0.2) is 44.0 Å². The second kappa shape index (κ2) is 7.52. The number of aromatic nitrogens is 3. The molecular formula is C20H25N5O2S. The van der Waals surface area contributed by atoms with E-state index in [0.717, 1.165) is 48.9 Å². The molecule has 4 rings (SSSR count). The quantitative estimate of drug-likeness (QED) is 0.660. The topological polar surface area (TPSA) is 67.4 Å². The Kier molecular flexibility index (Phi) is 5.07. The van der Waals surface area contributed by atoms with Gasteiger partial charge in [0.05, 0.1) is 17.8 Å². The molecule has 8 heteroatoms. The van der Waals surface area contributed by atoms with Crippen LogP contribution in [0.25, 0.3) is 0 Å². The molecule has 3 aromatic rings. The minimum Gasteiger partial charge on any atom is -0.361 e. The zero-order valence-electron chi connectivity index (χ0n) is 16.7. The normalized spacial score (nSPS) is 14.3. The highest BCUT2D eigenvalue weighted by atomic mass is 32.1. The monoisotopic (exact) mass is 399 g/mol. The van der Waals surface area contributed by atoms with E-state index in [2.05, 4.69) is 15.0 Å². The third-order valence-corrected chi connectivity index (χ3v) is 6.48. The van der Waals surface area contributed by atoms with Crippen LogP contribution in [0.1, 0.15) is 43.6 Å². The molecule has 1 aliphatic heterocycles. The van der Waals surface area contributed by atoms with Crippen molar-refractivity contribution in [2.75, 3.05) is 13.6 Å². The van der Waals surface area contributed by atoms with Gasteiger partial charge in [-0.1, -0.05) is 5.16 Å². The summed E-state index contributed by atoms with van der Waals surface area (Å²) in [5.74, 6) is 1.84. The fraction of sp³-hybridized carbons (Fsp3) is 0.450. The van der Waals surface area contributed by atoms with Crippen molar-refractivity contribution in [3.05, 3.63) is 56.6 Å². The van der Waals surface area contributed by atoms with Crippen molar-refractivity contribution in [1.29, 1.82) is 0 Å². The summed E-state index contributed by atoms with van der Waals surface area (Å²) in [5.41, 5.74) is 4.18. The maximum atomic E-state index is 13.0. The molecule has 3 aromatic heterocycles. The Morgan fingerprint density at radius 1 is 1.39 bits per heavy atom. The summed E-state index contributed by atoms with van der Waals surface area (Å²) in [7, 11) is 3.79. The van der Waals surface area contributed by atoms with Crippen molar-refractivity contribution < 1.29 is 9.32 Å². The number of imidazole rings is 1. The van der Waals surface area contributed by atoms with Crippen LogP contribution in [0, 0.1) is 13.8 Å². The molecule has 0 atom stereocenters. The molecule has 1 aliphatic rings. The molecular weight excluding hydrogens is 374 g/mol. The third kappa shape index (κ3) is 3.49. The Morgan fingerprint density at radius 2 is 2.21 bits per heavy atom. The number of thiophene rings is 1. The highest BCUT2D eigenvalue weighted by Crippen LogP contribution is 2.31. The van der Waals surface area contributed by atoms with Gasteiger partial charge in [0.25, 0.3) is 5.91 Å². The van der Waals surface area contributed by atoms with E-state index < -0.39 is 0 Å². The molecule has 0 saturated carbocycles. The number of rotatable bonds is 5. The van der Waals surface area contributed by atoms with Crippen LogP contribution in [0.3, 0.4) is 0 Å². The van der Waals surface area contributed by atoms with E-state index in [0.29, 0.717) is 6.54 Å². The Morgan fingerprint density at radius 3 is 2.89 bits per heavy atom. The summed E-state index contributed by atoms with van der Waals surface area (Å²) in [5, 5.41) is 6.07. The zero-order valence-corrected chi connectivity index (χ0v) is 17.5. The number of aryl methyl sites for hydroxylation is 3. The summed E-state index contributed by atoms with van der Waals surface area (Å²) < 4.78 is 7.23. The molecule has 0 radical (unpaired) electrons. The summed E-state index contributed by atoms with van der Waals surface area (Å²) in [6.45, 7) is 7.08. The molecule has 28 heavy (non-hydrogen) atoms. The van der Waals surface area contributed by atoms with Gasteiger partial charge in [-0.05, 0) is 25.8 Å². The van der Waals surface area contributed by atoms with Crippen LogP contribution >= 0.6 is 11.3 Å². The Bertz CT molecular complexity index is 983. The maximum Gasteiger partial charge on any atom is 0.255 e. The van der Waals surface area contributed by atoms with E-state index in [1.165, 1.54) is 16.0 Å². The molecule has 4 heterocycles. The summed E-state index contributed by atoms with van der Waals surface area (Å²) in [4.78, 5) is 22.8. The lowest BCUT2D eigenvalue weighted by atomic mass is 10.0. The number of amides is 1. The molecule has 0 aromatic carbocycles. The number of nitrogens with zero attached hydrogens (tertiary/aromatic N) is 5. The second-order valence-electron chi connectivity index (χ2n) is 7.43. The number of carbonyl (C=O) groups is 1. The minimum absolute atomic E-state index is 0.0691. The molecule has 0 N–H and O–H groups in total. The van der Waals surface area contributed by atoms with Gasteiger partial charge in [0, 0.05) is 61.9 Å². The number of carbonyl (C=O) groups excluding carboxylic acids is 1. The van der Waals surface area contributed by atoms with E-state index in [1.807, 2.05) is 44.1 Å². The first kappa shape index (κ1) is 18.9. The van der Waals surface area contributed by atoms with E-state index in [-0.39, 0.29) is 5.91 Å². The van der Waals surface area contributed by atoms with Gasteiger partial charge < -0.3 is 14.0 Å². The van der Waals surface area contributed by atoms with E-state index in [1.54, 1.807) is 22.4 Å². The molecule has 0 bridgehead atoms. The molecule has 0 spiro atoms. The fourth-order valence-electron chi connectivity index (χ4n) is 3.69. The Balaban J connectivity index is 1.46. The minimum atomic E-state index is 0.0691. The van der Waals surface area contributed by atoms with Crippen LogP contribution in [0.5, 0.6) is 0 Å². The van der Waals surface area contributed by atoms with Crippen molar-refractivity contribution in [3.8, 4) is 0 Å². The third-order valence-electron chi connectivity index (χ3n) is 5.47. The first-order valence-electron chi connectivity index (χ1n) is 9.39. The van der Waals surface area contributed by atoms with E-state index in [4.69, 9.17) is 4.52 Å². The molecule has 0 unspecified atom stereocenters. The highest BCUT2D eigenvalue weighted by molar-refractivity contribution is 7.10. The molecule has 1 amide bonds. The van der Waals surface area contributed by atoms with Gasteiger partial charge >= 0.3 is 0 Å². The average molecular weight is 400 g/mol. The fourth-order valence-corrected chi connectivity index (χ4v) is 4.80. The van der Waals surface area contributed by atoms with Crippen LogP contribution < -0.4 is 0 Å². The van der Waals surface area contributed by atoms with Crippen LogP contribution in [0.15, 0.2) is 22.3 Å². The number of hydrogen-bond acceptors (Lipinski definition) is 6. The van der Waals surface area contributed by atoms with Gasteiger partial charge in [-0.25, -0.2) is 4.98 Å². The van der Waals surface area contributed by atoms with Gasteiger partial charge in [-0.15, -0.1) is 11.3 Å². The standard InChI is InChI=1S/C20H25N5O2S/c1-13-16(14(2)27-22-13)9-25-7-5-15-17(12-28-18(15)10-25)20(26)24(4)11-19-21-6-8-23(19)3/h6,8,12H,5,7,9-11H2,1-4H3. The van der Waals surface area contributed by atoms with Gasteiger partial charge in [0.15, 0.2) is 0 Å². The second-order valence-corrected chi connectivity index (χ2v) is 8.39. The van der Waals surface area contributed by atoms with Crippen molar-refractivity contribution in [2.24, 2.45) is 7.05 Å². The first-order valence-corrected chi connectivity index (χ1v) is 10.3. The van der Waals surface area contributed by atoms with E-state index in [9.17, 15) is 4.79 Å². The maximum absolute atomic E-state index is 13.0. The van der Waals surface area contributed by atoms with Crippen LogP contribution in [0.2, 0.25) is 0 Å². The molecule has 0 aliphatic carbocycles. The van der Waals surface area contributed by atoms with E-state index >= 15 is 0 Å². The van der Waals surface area contributed by atoms with Crippen LogP contribution in [0.4, 0.5) is 0 Å². The molecule has 148 valence electrons. The lowest BCUT2D eigenvalue weighted by Gasteiger charge is -2.27. The van der Waals surface area contributed by atoms with Crippen molar-refractivity contribution in [1.82, 2.24) is 24.5 Å². The average Bonchev–Trinajstić information content (AvgIpc) is 3.36. The van der Waals surface area contributed by atoms with Gasteiger partial charge in [-0.3, -0.25) is 9.69 Å². The predicted molar refractivity (Wildman–Crippen MR) is 107 cm³/mol. The molecule has 7 nitrogen and oxygen atoms in total. The zero-order chi connectivity index (χ0) is 19.8. The predicted octanol–water partition coefficient (Wildman–Crippen LogP) is 2.92. The summed E-state index contributed by atoms with van der Waals surface area (Å²) >= 11 is 1.68. The van der Waals surface area contributed by atoms with Crippen molar-refractivity contribution in [3.63, 3.8) is 0 Å². The van der Waals surface area contributed by atoms with Gasteiger partial charge in [-0.2, -0.15) is 0 Å². The summed E-state index contributed by atoms with van der Waals surface area (Å²) in [6, 6.07) is 0. The lowest BCUT2D eigenvalue weighted by Crippen LogP contribution is -2.32. The smallest absolute Gasteiger partial charge is 0.255 e. The lowest BCUT2D eigenvalue weighted by molar-refractivity contribution is 0.0779. The molecule has 0 fully saturated rings. The highest BCUT2D eigenvalue weighted by Gasteiger charge is 2.26. The van der Waals surface area contributed by atoms with Crippen molar-refractivity contribution >= 4 is 17.2 Å².